The molecule has 1 atom stereocenters. The molecule has 1 fully saturated rings. The molecule has 164 valence electrons. The zero-order valence-corrected chi connectivity index (χ0v) is 18.6. The van der Waals surface area contributed by atoms with Crippen LogP contribution in [0.5, 0.6) is 0 Å². The Morgan fingerprint density at radius 1 is 0.968 bits per heavy atom. The number of halogens is 1. The number of rotatable bonds is 6. The van der Waals surface area contributed by atoms with E-state index in [4.69, 9.17) is 0 Å². The van der Waals surface area contributed by atoms with Gasteiger partial charge in [-0.3, -0.25) is 9.80 Å². The summed E-state index contributed by atoms with van der Waals surface area (Å²) in [4.78, 5) is 4.97. The molecule has 0 aliphatic carbocycles. The number of tetrazole rings is 1. The van der Waals surface area contributed by atoms with Crippen molar-refractivity contribution >= 4 is 0 Å². The van der Waals surface area contributed by atoms with E-state index in [1.54, 1.807) is 12.1 Å². The first-order valence-electron chi connectivity index (χ1n) is 11.1. The quantitative estimate of drug-likeness (QED) is 0.599. The first kappa shape index (κ1) is 21.6. The Balaban J connectivity index is 1.50. The van der Waals surface area contributed by atoms with Gasteiger partial charge < -0.3 is 0 Å². The average molecular weight is 423 g/mol. The van der Waals surface area contributed by atoms with Crippen LogP contribution < -0.4 is 0 Å². The minimum Gasteiger partial charge on any atom is -0.298 e. The van der Waals surface area contributed by atoms with Crippen molar-refractivity contribution in [1.29, 1.82) is 0 Å². The highest BCUT2D eigenvalue weighted by atomic mass is 19.1. The molecule has 2 aromatic carbocycles. The van der Waals surface area contributed by atoms with Crippen LogP contribution in [0.15, 0.2) is 42.5 Å². The van der Waals surface area contributed by atoms with Crippen molar-refractivity contribution in [1.82, 2.24) is 30.0 Å². The number of hydrogen-bond acceptors (Lipinski definition) is 5. The summed E-state index contributed by atoms with van der Waals surface area (Å²) in [7, 11) is 0. The molecule has 1 saturated heterocycles. The third kappa shape index (κ3) is 4.83. The molecule has 2 heterocycles. The second-order valence-corrected chi connectivity index (χ2v) is 8.41. The Morgan fingerprint density at radius 3 is 2.42 bits per heavy atom. The van der Waals surface area contributed by atoms with Gasteiger partial charge in [-0.1, -0.05) is 37.3 Å². The zero-order chi connectivity index (χ0) is 21.8. The van der Waals surface area contributed by atoms with Crippen LogP contribution in [0.2, 0.25) is 0 Å². The molecule has 7 heteroatoms. The van der Waals surface area contributed by atoms with Gasteiger partial charge in [-0.05, 0) is 72.5 Å². The summed E-state index contributed by atoms with van der Waals surface area (Å²) in [5.41, 5.74) is 4.57. The number of aromatic nitrogens is 4. The molecule has 1 aromatic heterocycles. The minimum atomic E-state index is -0.182. The number of aryl methyl sites for hydroxylation is 2. The molecule has 6 nitrogen and oxygen atoms in total. The molecule has 0 radical (unpaired) electrons. The molecule has 0 spiro atoms. The van der Waals surface area contributed by atoms with Crippen molar-refractivity contribution in [2.24, 2.45) is 0 Å². The first-order valence-corrected chi connectivity index (χ1v) is 11.1. The van der Waals surface area contributed by atoms with Gasteiger partial charge >= 0.3 is 0 Å². The van der Waals surface area contributed by atoms with Crippen molar-refractivity contribution in [2.75, 3.05) is 26.2 Å². The Morgan fingerprint density at radius 2 is 1.71 bits per heavy atom. The van der Waals surface area contributed by atoms with Gasteiger partial charge in [0.25, 0.3) is 0 Å². The van der Waals surface area contributed by atoms with Crippen LogP contribution in [0.1, 0.15) is 48.3 Å². The molecule has 0 bridgehead atoms. The number of benzene rings is 2. The molecule has 31 heavy (non-hydrogen) atoms. The van der Waals surface area contributed by atoms with Crippen molar-refractivity contribution in [3.05, 3.63) is 70.8 Å². The van der Waals surface area contributed by atoms with Crippen LogP contribution in [-0.4, -0.2) is 56.2 Å². The fourth-order valence-corrected chi connectivity index (χ4v) is 4.61. The molecular weight excluding hydrogens is 391 g/mol. The molecule has 1 aliphatic heterocycles. The van der Waals surface area contributed by atoms with E-state index in [0.717, 1.165) is 62.6 Å². The lowest BCUT2D eigenvalue weighted by Crippen LogP contribution is -2.34. The van der Waals surface area contributed by atoms with Crippen LogP contribution in [0.3, 0.4) is 0 Å². The smallest absolute Gasteiger partial charge is 0.173 e. The maximum absolute atomic E-state index is 13.2. The van der Waals surface area contributed by atoms with E-state index in [-0.39, 0.29) is 11.9 Å². The van der Waals surface area contributed by atoms with E-state index in [1.807, 2.05) is 16.8 Å². The van der Waals surface area contributed by atoms with Gasteiger partial charge in [-0.15, -0.1) is 5.10 Å². The van der Waals surface area contributed by atoms with E-state index in [2.05, 4.69) is 64.3 Å². The van der Waals surface area contributed by atoms with Crippen LogP contribution in [0.4, 0.5) is 4.39 Å². The maximum Gasteiger partial charge on any atom is 0.173 e. The standard InChI is InChI=1S/C24H31FN6/c1-4-22(24-26-27-28-31(24)23-18(2)7-5-8-19(23)3)30-14-6-13-29(15-16-30)17-20-9-11-21(25)12-10-20/h5,7-12,22H,4,6,13-17H2,1-3H3. The Bertz CT molecular complexity index is 979. The molecule has 0 N–H and O–H groups in total. The summed E-state index contributed by atoms with van der Waals surface area (Å²) in [6, 6.07) is 13.3. The summed E-state index contributed by atoms with van der Waals surface area (Å²) >= 11 is 0. The lowest BCUT2D eigenvalue weighted by molar-refractivity contribution is 0.183. The van der Waals surface area contributed by atoms with Crippen molar-refractivity contribution < 1.29 is 4.39 Å². The van der Waals surface area contributed by atoms with Crippen LogP contribution >= 0.6 is 0 Å². The summed E-state index contributed by atoms with van der Waals surface area (Å²) in [5, 5.41) is 12.9. The summed E-state index contributed by atoms with van der Waals surface area (Å²) in [5.74, 6) is 0.727. The Kier molecular flexibility index (Phi) is 6.73. The fourth-order valence-electron chi connectivity index (χ4n) is 4.61. The minimum absolute atomic E-state index is 0.166. The topological polar surface area (TPSA) is 50.1 Å². The summed E-state index contributed by atoms with van der Waals surface area (Å²) in [6.07, 6.45) is 2.03. The normalized spacial score (nSPS) is 16.9. The molecule has 3 aromatic rings. The van der Waals surface area contributed by atoms with E-state index in [9.17, 15) is 4.39 Å². The highest BCUT2D eigenvalue weighted by molar-refractivity contribution is 5.46. The predicted molar refractivity (Wildman–Crippen MR) is 120 cm³/mol. The highest BCUT2D eigenvalue weighted by Gasteiger charge is 2.27. The van der Waals surface area contributed by atoms with Gasteiger partial charge in [-0.2, -0.15) is 4.68 Å². The second-order valence-electron chi connectivity index (χ2n) is 8.41. The largest absolute Gasteiger partial charge is 0.298 e. The van der Waals surface area contributed by atoms with Crippen LogP contribution in [-0.2, 0) is 6.54 Å². The van der Waals surface area contributed by atoms with Gasteiger partial charge in [0, 0.05) is 26.2 Å². The van der Waals surface area contributed by atoms with Crippen LogP contribution in [0, 0.1) is 19.7 Å². The fraction of sp³-hybridized carbons (Fsp3) is 0.458. The first-order chi connectivity index (χ1) is 15.1. The molecule has 0 saturated carbocycles. The Hall–Kier alpha value is -2.64. The number of hydrogen-bond donors (Lipinski definition) is 0. The molecule has 0 amide bonds. The average Bonchev–Trinajstić information content (AvgIpc) is 3.10. The monoisotopic (exact) mass is 422 g/mol. The van der Waals surface area contributed by atoms with Crippen molar-refractivity contribution in [3.8, 4) is 5.69 Å². The second kappa shape index (κ2) is 9.66. The van der Waals surface area contributed by atoms with Crippen molar-refractivity contribution in [3.63, 3.8) is 0 Å². The van der Waals surface area contributed by atoms with Gasteiger partial charge in [0.2, 0.25) is 0 Å². The lowest BCUT2D eigenvalue weighted by Gasteiger charge is -2.29. The highest BCUT2D eigenvalue weighted by Crippen LogP contribution is 2.27. The summed E-state index contributed by atoms with van der Waals surface area (Å²) < 4.78 is 15.1. The lowest BCUT2D eigenvalue weighted by atomic mass is 10.1. The number of nitrogens with zero attached hydrogens (tertiary/aromatic N) is 6. The van der Waals surface area contributed by atoms with Gasteiger partial charge in [0.1, 0.15) is 5.82 Å². The third-order valence-corrected chi connectivity index (χ3v) is 6.21. The van der Waals surface area contributed by atoms with E-state index in [0.29, 0.717) is 0 Å². The van der Waals surface area contributed by atoms with Gasteiger partial charge in [0.15, 0.2) is 5.82 Å². The molecular formula is C24H31FN6. The summed E-state index contributed by atoms with van der Waals surface area (Å²) in [6.45, 7) is 11.2. The van der Waals surface area contributed by atoms with Gasteiger partial charge in [-0.25, -0.2) is 4.39 Å². The predicted octanol–water partition coefficient (Wildman–Crippen LogP) is 4.08. The molecule has 4 rings (SSSR count). The Labute approximate surface area is 183 Å². The zero-order valence-electron chi connectivity index (χ0n) is 18.6. The van der Waals surface area contributed by atoms with E-state index in [1.165, 1.54) is 11.1 Å². The van der Waals surface area contributed by atoms with Crippen molar-refractivity contribution in [2.45, 2.75) is 46.2 Å². The SMILES string of the molecule is CCC(c1nnnn1-c1c(C)cccc1C)N1CCCN(Cc2ccc(F)cc2)CC1. The molecule has 1 aliphatic rings. The number of para-hydroxylation sites is 1. The maximum atomic E-state index is 13.2. The molecule has 1 unspecified atom stereocenters. The van der Waals surface area contributed by atoms with E-state index >= 15 is 0 Å². The third-order valence-electron chi connectivity index (χ3n) is 6.21. The van der Waals surface area contributed by atoms with Crippen LogP contribution in [0.25, 0.3) is 5.69 Å². The van der Waals surface area contributed by atoms with Gasteiger partial charge in [0.05, 0.1) is 11.7 Å². The van der Waals surface area contributed by atoms with E-state index < -0.39 is 0 Å².